The molecule has 0 saturated carbocycles. The molecule has 0 aromatic rings. The number of primary amides is 3. The van der Waals surface area contributed by atoms with E-state index in [0.29, 0.717) is 19.3 Å². The van der Waals surface area contributed by atoms with Crippen LogP contribution in [0.3, 0.4) is 0 Å². The number of aliphatic hydroxyl groups is 3. The van der Waals surface area contributed by atoms with E-state index < -0.39 is 283 Å². The number of aliphatic imine (C=N–C) groups is 2. The van der Waals surface area contributed by atoms with Crippen LogP contribution in [0.15, 0.2) is 9.98 Å². The Kier molecular flexibility index (Phi) is 57.4. The smallest absolute Gasteiger partial charge is 0.305 e. The van der Waals surface area contributed by atoms with Gasteiger partial charge in [0, 0.05) is 32.0 Å². The number of unbranched alkanes of at least 4 members (excludes halogenated alkanes) is 3. The average molecular weight is 1890 g/mol. The van der Waals surface area contributed by atoms with Crippen LogP contribution < -0.4 is 137 Å². The number of carbonyl (C=O) groups is 20. The highest BCUT2D eigenvalue weighted by molar-refractivity contribution is 7.81. The number of guanidine groups is 2. The van der Waals surface area contributed by atoms with Crippen molar-refractivity contribution in [3.05, 3.63) is 0 Å². The Labute approximate surface area is 764 Å². The number of hydrogen-bond acceptors (Lipinski definition) is 29. The molecule has 0 aromatic carbocycles. The minimum absolute atomic E-state index is 0.0395. The number of hydrogen-bond donors (Lipinski definition) is 31. The van der Waals surface area contributed by atoms with Gasteiger partial charge in [-0.3, -0.25) is 106 Å². The fourth-order valence-electron chi connectivity index (χ4n) is 12.4. The largest absolute Gasteiger partial charge is 0.481 e. The first-order valence-corrected chi connectivity index (χ1v) is 43.6. The summed E-state index contributed by atoms with van der Waals surface area (Å²) in [5.74, 6) is -24.6. The first-order valence-electron chi connectivity index (χ1n) is 43.1. The van der Waals surface area contributed by atoms with Crippen molar-refractivity contribution in [3.63, 3.8) is 0 Å². The summed E-state index contributed by atoms with van der Waals surface area (Å²) in [4.78, 5) is 279. The maximum Gasteiger partial charge on any atom is 0.305 e. The number of carbonyl (C=O) groups excluding carboxylic acids is 18. The zero-order valence-electron chi connectivity index (χ0n) is 75.5. The van der Waals surface area contributed by atoms with E-state index in [0.717, 1.165) is 20.8 Å². The average Bonchev–Trinajstić information content (AvgIpc) is 0.847. The number of amides is 18. The lowest BCUT2D eigenvalue weighted by Gasteiger charge is -2.30. The molecule has 1 unspecified atom stereocenters. The van der Waals surface area contributed by atoms with Crippen LogP contribution in [-0.2, 0) is 95.9 Å². The van der Waals surface area contributed by atoms with Gasteiger partial charge in [-0.15, -0.1) is 0 Å². The van der Waals surface area contributed by atoms with Gasteiger partial charge in [0.25, 0.3) is 0 Å². The Morgan fingerprint density at radius 1 is 0.351 bits per heavy atom. The molecule has 0 saturated heterocycles. The molecule has 0 heterocycles. The zero-order chi connectivity index (χ0) is 100. The minimum Gasteiger partial charge on any atom is -0.481 e. The van der Waals surface area contributed by atoms with E-state index in [1.165, 1.54) is 13.8 Å². The normalized spacial score (nSPS) is 15.7. The SMILES string of the molecule is CCCC[C@H](NC(=O)[C@H](CCCCN)NC(=O)[C@@H](NC(=O)[C@H](C)NC(=O)[C@H](CCCN=C(N)N)NC(=O)C(S)[C@H](CCC(N)=O)NC(=O)[C@H](C)NC(=O)[C@H](CCC(=O)O)NC(=O)[C@H](CC(=O)O)NC(=O)[C@@H](NC(=O)[C@H](CCCN=C(N)N)NC(=O)[C@@H](NC(=O)[C@H](CCCCN)NC(=O)[C@H](CC(N)=O)NC(=O)[C@@H](N)CO)[C@@H](C)O)[C@@H](C)CC)[C@@H](C)O)C(=O)N[C@@H](CC(C)C)C(N)=O. The molecular formula is C78H141N27O25S. The Morgan fingerprint density at radius 3 is 1.07 bits per heavy atom. The summed E-state index contributed by atoms with van der Waals surface area (Å²) >= 11 is 4.44. The van der Waals surface area contributed by atoms with Gasteiger partial charge in [0.1, 0.15) is 95.9 Å². The Morgan fingerprint density at radius 2 is 0.695 bits per heavy atom. The van der Waals surface area contributed by atoms with Crippen LogP contribution in [0.1, 0.15) is 197 Å². The molecule has 18 amide bonds. The molecule has 52 nitrogen and oxygen atoms in total. The molecule has 40 N–H and O–H groups in total. The molecule has 0 rings (SSSR count). The lowest BCUT2D eigenvalue weighted by molar-refractivity contribution is -0.142. The van der Waals surface area contributed by atoms with E-state index in [1.54, 1.807) is 6.92 Å². The highest BCUT2D eigenvalue weighted by Gasteiger charge is 2.41. The predicted molar refractivity (Wildman–Crippen MR) is 476 cm³/mol. The molecule has 744 valence electrons. The van der Waals surface area contributed by atoms with Gasteiger partial charge in [-0.1, -0.05) is 53.9 Å². The number of nitrogens with one attached hydrogen (secondary N) is 15. The predicted octanol–water partition coefficient (Wildman–Crippen LogP) is -11.7. The molecule has 20 atom stereocenters. The summed E-state index contributed by atoms with van der Waals surface area (Å²) in [5.41, 5.74) is 55.4. The van der Waals surface area contributed by atoms with Gasteiger partial charge in [0.15, 0.2) is 11.9 Å². The number of thiol groups is 1. The Hall–Kier alpha value is -11.9. The molecule has 131 heavy (non-hydrogen) atoms. The molecular weight excluding hydrogens is 1750 g/mol. The van der Waals surface area contributed by atoms with E-state index in [9.17, 15) is 121 Å². The second kappa shape index (κ2) is 63.1. The summed E-state index contributed by atoms with van der Waals surface area (Å²) in [6.45, 7) is 12.1. The quantitative estimate of drug-likeness (QED) is 0.0116. The number of carboxylic acids is 2. The fourth-order valence-corrected chi connectivity index (χ4v) is 12.7. The molecule has 0 radical (unpaired) electrons. The number of nitrogens with two attached hydrogens (primary N) is 10. The molecule has 0 aliphatic heterocycles. The van der Waals surface area contributed by atoms with Gasteiger partial charge in [-0.05, 0) is 143 Å². The first kappa shape index (κ1) is 119. The van der Waals surface area contributed by atoms with Gasteiger partial charge in [0.2, 0.25) is 106 Å². The molecule has 53 heteroatoms. The van der Waals surface area contributed by atoms with Crippen LogP contribution in [0.2, 0.25) is 0 Å². The standard InChI is InChI=1S/C78H141N27O25S/c1-10-12-19-44(68(122)100-50(61(84)115)32-36(3)4)94-67(121)45(20-13-15-28-79)97-74(128)58(40(8)107)104-63(117)39(7)92-65(119)47(22-17-30-89-77(85)86)99-76(130)60(131)43(24-26-53(82)109)93-62(116)38(6)91-66(120)49(25-27-55(111)112)96-72(126)52(34-56(113)114)102-73(127)57(37(5)11-2)103-69(123)48(23-18-31-90-78(87)88)98-75(129)59(41(9)108)105-70(124)46(21-14-16-29-80)95-71(125)51(33-54(83)110)101-64(118)42(81)35-106/h36-52,57-60,106-108,131H,10-35,79-81H2,1-9H3,(H2,82,109)(H2,83,110)(H2,84,115)(H,91,120)(H,92,119)(H,93,116)(H,94,121)(H,95,125)(H,96,126)(H,97,128)(H,98,129)(H,99,130)(H,100,122)(H,101,118)(H,102,127)(H,103,123)(H,104,117)(H,105,124)(H,111,112)(H,113,114)(H4,85,86,89)(H4,87,88,90)/t37-,38-,39-,40+,41+,42-,43-,44-,45-,46-,47-,48-,49-,50-,51-,52-,57-,58-,59-,60?/m0/s1. The van der Waals surface area contributed by atoms with Crippen LogP contribution in [0.25, 0.3) is 0 Å². The first-order chi connectivity index (χ1) is 61.3. The summed E-state index contributed by atoms with van der Waals surface area (Å²) in [6, 6.07) is -26.3. The van der Waals surface area contributed by atoms with Crippen LogP contribution in [0.4, 0.5) is 0 Å². The van der Waals surface area contributed by atoms with E-state index in [4.69, 9.17) is 57.3 Å². The van der Waals surface area contributed by atoms with Gasteiger partial charge in [-0.2, -0.15) is 12.6 Å². The molecule has 0 bridgehead atoms. The highest BCUT2D eigenvalue weighted by atomic mass is 32.1. The Balaban J connectivity index is 7.22. The van der Waals surface area contributed by atoms with Crippen molar-refractivity contribution in [1.82, 2.24) is 79.8 Å². The third kappa shape index (κ3) is 48.0. The van der Waals surface area contributed by atoms with Gasteiger partial charge in [0.05, 0.1) is 31.7 Å². The summed E-state index contributed by atoms with van der Waals surface area (Å²) < 4.78 is 0. The third-order valence-corrected chi connectivity index (χ3v) is 20.7. The summed E-state index contributed by atoms with van der Waals surface area (Å²) in [5, 5.41) is 85.1. The van der Waals surface area contributed by atoms with Gasteiger partial charge < -0.3 is 163 Å². The second-order valence-corrected chi connectivity index (χ2v) is 32.6. The van der Waals surface area contributed by atoms with Gasteiger partial charge in [-0.25, -0.2) is 0 Å². The maximum absolute atomic E-state index is 14.5. The van der Waals surface area contributed by atoms with Crippen LogP contribution in [0, 0.1) is 11.8 Å². The summed E-state index contributed by atoms with van der Waals surface area (Å²) in [7, 11) is 0. The molecule has 0 aliphatic carbocycles. The van der Waals surface area contributed by atoms with Crippen molar-refractivity contribution in [2.45, 2.75) is 311 Å². The minimum atomic E-state index is -2.16. The van der Waals surface area contributed by atoms with E-state index in [1.807, 2.05) is 20.8 Å². The lowest BCUT2D eigenvalue weighted by atomic mass is 9.96. The van der Waals surface area contributed by atoms with Crippen molar-refractivity contribution in [2.24, 2.45) is 79.2 Å². The Bertz CT molecular complexity index is 3880. The van der Waals surface area contributed by atoms with E-state index in [-0.39, 0.29) is 121 Å². The van der Waals surface area contributed by atoms with Crippen molar-refractivity contribution in [3.8, 4) is 0 Å². The van der Waals surface area contributed by atoms with E-state index in [2.05, 4.69) is 102 Å². The van der Waals surface area contributed by atoms with E-state index >= 15 is 0 Å². The lowest BCUT2D eigenvalue weighted by Crippen LogP contribution is -2.62. The molecule has 0 spiro atoms. The van der Waals surface area contributed by atoms with Gasteiger partial charge >= 0.3 is 11.9 Å². The van der Waals surface area contributed by atoms with Crippen LogP contribution in [-0.4, -0.2) is 303 Å². The third-order valence-electron chi connectivity index (χ3n) is 20.1. The van der Waals surface area contributed by atoms with Crippen molar-refractivity contribution < 1.29 is 121 Å². The monoisotopic (exact) mass is 1890 g/mol. The van der Waals surface area contributed by atoms with Crippen molar-refractivity contribution in [2.75, 3.05) is 32.8 Å². The molecule has 0 aromatic heterocycles. The van der Waals surface area contributed by atoms with Crippen LogP contribution >= 0.6 is 12.6 Å². The van der Waals surface area contributed by atoms with Crippen LogP contribution in [0.5, 0.6) is 0 Å². The topological polar surface area (TPSA) is 908 Å². The van der Waals surface area contributed by atoms with Crippen molar-refractivity contribution >= 4 is 143 Å². The number of carboxylic acid groups (broad SMARTS) is 2. The number of aliphatic hydroxyl groups excluding tert-OH is 3. The number of nitrogens with zero attached hydrogens (tertiary/aromatic N) is 2. The highest BCUT2D eigenvalue weighted by Crippen LogP contribution is 2.17. The molecule has 0 aliphatic rings. The zero-order valence-corrected chi connectivity index (χ0v) is 76.4. The van der Waals surface area contributed by atoms with Crippen molar-refractivity contribution in [1.29, 1.82) is 0 Å². The maximum atomic E-state index is 14.5. The number of rotatable bonds is 68. The fraction of sp³-hybridized carbons (Fsp3) is 0.718. The molecule has 0 fully saturated rings. The summed E-state index contributed by atoms with van der Waals surface area (Å²) in [6.07, 6.45) is -6.65. The second-order valence-electron chi connectivity index (χ2n) is 32.0. The number of aliphatic carboxylic acids is 2.